The van der Waals surface area contributed by atoms with E-state index in [-0.39, 0.29) is 17.9 Å². The Morgan fingerprint density at radius 2 is 1.74 bits per heavy atom. The molecule has 23 heavy (non-hydrogen) atoms. The number of likely N-dealkylation sites (tertiary alicyclic amines) is 1. The number of nitrogens with one attached hydrogen (secondary N) is 1. The Hall–Kier alpha value is -1.11. The molecule has 3 nitrogen and oxygen atoms in total. The van der Waals surface area contributed by atoms with Crippen molar-refractivity contribution in [2.75, 3.05) is 19.6 Å². The smallest absolute Gasteiger partial charge is 0.382 e. The Morgan fingerprint density at radius 1 is 1.17 bits per heavy atom. The second kappa shape index (κ2) is 7.64. The van der Waals surface area contributed by atoms with Crippen LogP contribution in [-0.4, -0.2) is 48.0 Å². The van der Waals surface area contributed by atoms with Crippen molar-refractivity contribution in [2.24, 2.45) is 11.8 Å². The highest BCUT2D eigenvalue weighted by molar-refractivity contribution is 5.14. The van der Waals surface area contributed by atoms with Crippen molar-refractivity contribution < 1.29 is 18.3 Å². The van der Waals surface area contributed by atoms with E-state index in [0.717, 1.165) is 19.6 Å². The SMILES string of the molecule is C[C@@H]1CN(Cc2ccccc2)C[C@@H](C)C1NC[C@H](O)C(F)(F)F. The second-order valence-corrected chi connectivity index (χ2v) is 6.63. The maximum atomic E-state index is 12.4. The molecule has 1 aromatic carbocycles. The first-order valence-electron chi connectivity index (χ1n) is 8.02. The molecular formula is C17H25F3N2O. The van der Waals surface area contributed by atoms with Gasteiger partial charge in [0.25, 0.3) is 0 Å². The van der Waals surface area contributed by atoms with E-state index in [2.05, 4.69) is 22.3 Å². The lowest BCUT2D eigenvalue weighted by molar-refractivity contribution is -0.202. The van der Waals surface area contributed by atoms with Crippen LogP contribution in [0.25, 0.3) is 0 Å². The van der Waals surface area contributed by atoms with E-state index < -0.39 is 18.8 Å². The number of benzene rings is 1. The van der Waals surface area contributed by atoms with Crippen LogP contribution in [-0.2, 0) is 6.54 Å². The van der Waals surface area contributed by atoms with E-state index >= 15 is 0 Å². The number of aliphatic hydroxyl groups excluding tert-OH is 1. The molecule has 1 aliphatic heterocycles. The molecule has 0 unspecified atom stereocenters. The highest BCUT2D eigenvalue weighted by Crippen LogP contribution is 2.25. The fourth-order valence-electron chi connectivity index (χ4n) is 3.41. The molecule has 0 amide bonds. The van der Waals surface area contributed by atoms with Crippen molar-refractivity contribution in [1.82, 2.24) is 10.2 Å². The maximum Gasteiger partial charge on any atom is 0.415 e. The van der Waals surface area contributed by atoms with Crippen molar-refractivity contribution in [3.8, 4) is 0 Å². The molecule has 6 heteroatoms. The van der Waals surface area contributed by atoms with Crippen molar-refractivity contribution in [3.05, 3.63) is 35.9 Å². The summed E-state index contributed by atoms with van der Waals surface area (Å²) in [5.41, 5.74) is 1.24. The average molecular weight is 330 g/mol. The van der Waals surface area contributed by atoms with Gasteiger partial charge in [-0.2, -0.15) is 13.2 Å². The lowest BCUT2D eigenvalue weighted by atomic mass is 9.85. The summed E-state index contributed by atoms with van der Waals surface area (Å²) in [4.78, 5) is 2.34. The van der Waals surface area contributed by atoms with Crippen LogP contribution in [0.4, 0.5) is 13.2 Å². The molecule has 130 valence electrons. The van der Waals surface area contributed by atoms with Crippen LogP contribution >= 0.6 is 0 Å². The Morgan fingerprint density at radius 3 is 2.26 bits per heavy atom. The van der Waals surface area contributed by atoms with E-state index in [1.54, 1.807) is 0 Å². The molecule has 1 saturated heterocycles. The number of halogens is 3. The minimum absolute atomic E-state index is 0.0148. The summed E-state index contributed by atoms with van der Waals surface area (Å²) in [6.07, 6.45) is -6.86. The van der Waals surface area contributed by atoms with Gasteiger partial charge in [0.05, 0.1) is 0 Å². The predicted octanol–water partition coefficient (Wildman–Crippen LogP) is 2.66. The molecule has 0 aromatic heterocycles. The fourth-order valence-corrected chi connectivity index (χ4v) is 3.41. The number of nitrogens with zero attached hydrogens (tertiary/aromatic N) is 1. The number of aliphatic hydroxyl groups is 1. The standard InChI is InChI=1S/C17H25F3N2O/c1-12-9-22(11-14-6-4-3-5-7-14)10-13(2)16(12)21-8-15(23)17(18,19)20/h3-7,12-13,15-16,21,23H,8-11H2,1-2H3/t12-,13-,15+/m1/s1. The fraction of sp³-hybridized carbons (Fsp3) is 0.647. The molecule has 0 aliphatic carbocycles. The zero-order chi connectivity index (χ0) is 17.0. The molecule has 0 saturated carbocycles. The minimum Gasteiger partial charge on any atom is -0.382 e. The van der Waals surface area contributed by atoms with Gasteiger partial charge >= 0.3 is 6.18 Å². The van der Waals surface area contributed by atoms with Crippen LogP contribution in [0.2, 0.25) is 0 Å². The third-order valence-electron chi connectivity index (χ3n) is 4.49. The van der Waals surface area contributed by atoms with Gasteiger partial charge in [0, 0.05) is 32.2 Å². The first-order valence-corrected chi connectivity index (χ1v) is 8.02. The molecule has 2 N–H and O–H groups in total. The van der Waals surface area contributed by atoms with Gasteiger partial charge in [0.2, 0.25) is 0 Å². The van der Waals surface area contributed by atoms with Crippen LogP contribution in [0.1, 0.15) is 19.4 Å². The Labute approximate surface area is 135 Å². The molecule has 0 spiro atoms. The molecule has 0 bridgehead atoms. The van der Waals surface area contributed by atoms with Gasteiger partial charge in [-0.05, 0) is 17.4 Å². The maximum absolute atomic E-state index is 12.4. The van der Waals surface area contributed by atoms with Gasteiger partial charge in [0.1, 0.15) is 0 Å². The summed E-state index contributed by atoms with van der Waals surface area (Å²) in [6.45, 7) is 6.17. The lowest BCUT2D eigenvalue weighted by Gasteiger charge is -2.42. The zero-order valence-electron chi connectivity index (χ0n) is 13.6. The first kappa shape index (κ1) is 18.2. The second-order valence-electron chi connectivity index (χ2n) is 6.63. The van der Waals surface area contributed by atoms with Gasteiger partial charge in [-0.1, -0.05) is 44.2 Å². The van der Waals surface area contributed by atoms with E-state index in [1.165, 1.54) is 5.56 Å². The van der Waals surface area contributed by atoms with Crippen molar-refractivity contribution >= 4 is 0 Å². The van der Waals surface area contributed by atoms with E-state index in [9.17, 15) is 13.2 Å². The highest BCUT2D eigenvalue weighted by atomic mass is 19.4. The third kappa shape index (κ3) is 5.19. The third-order valence-corrected chi connectivity index (χ3v) is 4.49. The van der Waals surface area contributed by atoms with E-state index in [1.807, 2.05) is 32.0 Å². The lowest BCUT2D eigenvalue weighted by Crippen LogP contribution is -2.55. The Balaban J connectivity index is 1.87. The van der Waals surface area contributed by atoms with Crippen molar-refractivity contribution in [3.63, 3.8) is 0 Å². The van der Waals surface area contributed by atoms with Gasteiger partial charge in [-0.15, -0.1) is 0 Å². The number of rotatable bonds is 5. The predicted molar refractivity (Wildman–Crippen MR) is 83.9 cm³/mol. The monoisotopic (exact) mass is 330 g/mol. The highest BCUT2D eigenvalue weighted by Gasteiger charge is 2.39. The summed E-state index contributed by atoms with van der Waals surface area (Å²) in [6, 6.07) is 10.2. The Kier molecular flexibility index (Phi) is 6.06. The van der Waals surface area contributed by atoms with Crippen LogP contribution in [0, 0.1) is 11.8 Å². The van der Waals surface area contributed by atoms with Gasteiger partial charge in [-0.3, -0.25) is 4.90 Å². The van der Waals surface area contributed by atoms with Crippen LogP contribution in [0.3, 0.4) is 0 Å². The number of hydrogen-bond acceptors (Lipinski definition) is 3. The largest absolute Gasteiger partial charge is 0.415 e. The number of hydrogen-bond donors (Lipinski definition) is 2. The average Bonchev–Trinajstić information content (AvgIpc) is 2.46. The molecule has 2 rings (SSSR count). The molecule has 3 atom stereocenters. The molecular weight excluding hydrogens is 305 g/mol. The summed E-state index contributed by atoms with van der Waals surface area (Å²) in [5.74, 6) is 0.450. The van der Waals surface area contributed by atoms with Crippen LogP contribution in [0.15, 0.2) is 30.3 Å². The van der Waals surface area contributed by atoms with Crippen LogP contribution in [0.5, 0.6) is 0 Å². The minimum atomic E-state index is -4.56. The summed E-state index contributed by atoms with van der Waals surface area (Å²) in [7, 11) is 0. The van der Waals surface area contributed by atoms with Crippen molar-refractivity contribution in [2.45, 2.75) is 38.7 Å². The number of alkyl halides is 3. The normalized spacial score (nSPS) is 25.5. The van der Waals surface area contributed by atoms with Crippen LogP contribution < -0.4 is 5.32 Å². The molecule has 1 fully saturated rings. The Bertz CT molecular complexity index is 468. The molecule has 1 aliphatic rings. The van der Waals surface area contributed by atoms with Gasteiger partial charge < -0.3 is 10.4 Å². The molecule has 1 aromatic rings. The zero-order valence-corrected chi connectivity index (χ0v) is 13.6. The summed E-state index contributed by atoms with van der Waals surface area (Å²) >= 11 is 0. The first-order chi connectivity index (χ1) is 10.8. The summed E-state index contributed by atoms with van der Waals surface area (Å²) < 4.78 is 37.2. The topological polar surface area (TPSA) is 35.5 Å². The molecule has 0 radical (unpaired) electrons. The quantitative estimate of drug-likeness (QED) is 0.871. The van der Waals surface area contributed by atoms with E-state index in [0.29, 0.717) is 0 Å². The number of piperidine rings is 1. The molecule has 1 heterocycles. The summed E-state index contributed by atoms with van der Waals surface area (Å²) in [5, 5.41) is 12.1. The van der Waals surface area contributed by atoms with Crippen molar-refractivity contribution in [1.29, 1.82) is 0 Å². The van der Waals surface area contributed by atoms with E-state index in [4.69, 9.17) is 5.11 Å². The van der Waals surface area contributed by atoms with Gasteiger partial charge in [0.15, 0.2) is 6.10 Å². The van der Waals surface area contributed by atoms with Gasteiger partial charge in [-0.25, -0.2) is 0 Å².